The Hall–Kier alpha value is -1.31. The summed E-state index contributed by atoms with van der Waals surface area (Å²) in [5.41, 5.74) is 0.125. The van der Waals surface area contributed by atoms with Gasteiger partial charge in [-0.15, -0.1) is 0 Å². The average molecular weight is 363 g/mol. The fraction of sp³-hybridized carbons (Fsp3) is 0.333. The van der Waals surface area contributed by atoms with Crippen molar-refractivity contribution < 1.29 is 19.4 Å². The Morgan fingerprint density at radius 1 is 1.33 bits per heavy atom. The summed E-state index contributed by atoms with van der Waals surface area (Å²) in [6.07, 6.45) is -0.566. The number of benzene rings is 1. The number of amides is 1. The average Bonchev–Trinajstić information content (AvgIpc) is 2.17. The molecular formula is C12H14INO4. The van der Waals surface area contributed by atoms with Crippen molar-refractivity contribution in [3.05, 3.63) is 27.3 Å². The van der Waals surface area contributed by atoms with Crippen LogP contribution in [-0.2, 0) is 4.74 Å². The quantitative estimate of drug-likeness (QED) is 0.791. The van der Waals surface area contributed by atoms with Crippen molar-refractivity contribution >= 4 is 40.3 Å². The number of carboxylic acid groups (broad SMARTS) is 1. The molecule has 0 atom stereocenters. The van der Waals surface area contributed by atoms with Gasteiger partial charge in [-0.2, -0.15) is 0 Å². The number of nitrogens with one attached hydrogen (secondary N) is 1. The molecule has 0 bridgehead atoms. The maximum Gasteiger partial charge on any atom is 0.412 e. The molecule has 0 aromatic heterocycles. The van der Waals surface area contributed by atoms with E-state index in [0.29, 0.717) is 9.26 Å². The normalized spacial score (nSPS) is 10.9. The van der Waals surface area contributed by atoms with Crippen molar-refractivity contribution in [1.29, 1.82) is 0 Å². The molecule has 1 aromatic carbocycles. The lowest BCUT2D eigenvalue weighted by Gasteiger charge is -2.20. The first-order valence-corrected chi connectivity index (χ1v) is 6.30. The molecule has 0 saturated heterocycles. The smallest absolute Gasteiger partial charge is 0.412 e. The number of carbonyl (C=O) groups excluding carboxylic acids is 1. The zero-order valence-electron chi connectivity index (χ0n) is 10.3. The number of carboxylic acids is 1. The predicted molar refractivity (Wildman–Crippen MR) is 76.0 cm³/mol. The van der Waals surface area contributed by atoms with Crippen LogP contribution in [0.5, 0.6) is 0 Å². The van der Waals surface area contributed by atoms with Crippen LogP contribution in [0.2, 0.25) is 0 Å². The van der Waals surface area contributed by atoms with Gasteiger partial charge in [0, 0.05) is 3.57 Å². The minimum Gasteiger partial charge on any atom is -0.478 e. The van der Waals surface area contributed by atoms with Gasteiger partial charge in [0.05, 0.1) is 11.3 Å². The van der Waals surface area contributed by atoms with Crippen LogP contribution in [0.1, 0.15) is 31.1 Å². The van der Waals surface area contributed by atoms with E-state index in [1.165, 1.54) is 18.2 Å². The molecule has 1 rings (SSSR count). The van der Waals surface area contributed by atoms with Gasteiger partial charge in [-0.05, 0) is 61.6 Å². The molecule has 0 aliphatic rings. The maximum absolute atomic E-state index is 11.5. The van der Waals surface area contributed by atoms with Gasteiger partial charge in [0.2, 0.25) is 0 Å². The van der Waals surface area contributed by atoms with Crippen LogP contribution < -0.4 is 5.32 Å². The van der Waals surface area contributed by atoms with Gasteiger partial charge in [0.25, 0.3) is 0 Å². The second-order valence-corrected chi connectivity index (χ2v) is 5.79. The summed E-state index contributed by atoms with van der Waals surface area (Å²) >= 11 is 1.96. The molecule has 2 N–H and O–H groups in total. The Morgan fingerprint density at radius 3 is 2.39 bits per heavy atom. The molecule has 0 saturated carbocycles. The summed E-state index contributed by atoms with van der Waals surface area (Å²) in [6, 6.07) is 4.45. The summed E-state index contributed by atoms with van der Waals surface area (Å²) in [6.45, 7) is 5.31. The standard InChI is InChI=1S/C12H14INO4/c1-12(2,3)18-11(17)14-9-5-4-7(10(15)16)6-8(9)13/h4-6H,1-3H3,(H,14,17)(H,15,16). The van der Waals surface area contributed by atoms with Crippen molar-refractivity contribution in [3.8, 4) is 0 Å². The van der Waals surface area contributed by atoms with E-state index in [-0.39, 0.29) is 5.56 Å². The van der Waals surface area contributed by atoms with Gasteiger partial charge in [0.15, 0.2) is 0 Å². The molecule has 18 heavy (non-hydrogen) atoms. The van der Waals surface area contributed by atoms with Crippen LogP contribution in [0.3, 0.4) is 0 Å². The van der Waals surface area contributed by atoms with Gasteiger partial charge < -0.3 is 9.84 Å². The fourth-order valence-corrected chi connectivity index (χ4v) is 1.81. The second kappa shape index (κ2) is 5.55. The Kier molecular flexibility index (Phi) is 4.55. The van der Waals surface area contributed by atoms with Gasteiger partial charge in [-0.1, -0.05) is 0 Å². The number of hydrogen-bond acceptors (Lipinski definition) is 3. The molecular weight excluding hydrogens is 349 g/mol. The molecule has 5 nitrogen and oxygen atoms in total. The number of rotatable bonds is 2. The monoisotopic (exact) mass is 363 g/mol. The van der Waals surface area contributed by atoms with Crippen LogP contribution in [0, 0.1) is 3.57 Å². The molecule has 0 aliphatic carbocycles. The minimum atomic E-state index is -1.00. The van der Waals surface area contributed by atoms with Gasteiger partial charge >= 0.3 is 12.1 Å². The van der Waals surface area contributed by atoms with Crippen molar-refractivity contribution in [2.24, 2.45) is 0 Å². The van der Waals surface area contributed by atoms with Crippen LogP contribution in [0.25, 0.3) is 0 Å². The van der Waals surface area contributed by atoms with Crippen molar-refractivity contribution in [2.75, 3.05) is 5.32 Å². The highest BCUT2D eigenvalue weighted by molar-refractivity contribution is 14.1. The lowest BCUT2D eigenvalue weighted by atomic mass is 10.2. The first-order valence-electron chi connectivity index (χ1n) is 5.22. The molecule has 1 aromatic rings. The molecule has 0 spiro atoms. The van der Waals surface area contributed by atoms with E-state index in [0.717, 1.165) is 0 Å². The Morgan fingerprint density at radius 2 is 1.94 bits per heavy atom. The molecule has 98 valence electrons. The largest absolute Gasteiger partial charge is 0.478 e. The zero-order chi connectivity index (χ0) is 13.9. The molecule has 6 heteroatoms. The highest BCUT2D eigenvalue weighted by Gasteiger charge is 2.17. The third kappa shape index (κ3) is 4.52. The van der Waals surface area contributed by atoms with E-state index >= 15 is 0 Å². The van der Waals surface area contributed by atoms with Crippen LogP contribution in [0.15, 0.2) is 18.2 Å². The molecule has 0 heterocycles. The van der Waals surface area contributed by atoms with E-state index < -0.39 is 17.7 Å². The highest BCUT2D eigenvalue weighted by atomic mass is 127. The molecule has 0 unspecified atom stereocenters. The minimum absolute atomic E-state index is 0.175. The SMILES string of the molecule is CC(C)(C)OC(=O)Nc1ccc(C(=O)O)cc1I. The summed E-state index contributed by atoms with van der Waals surface area (Å²) < 4.78 is 5.74. The fourth-order valence-electron chi connectivity index (χ4n) is 1.16. The lowest BCUT2D eigenvalue weighted by Crippen LogP contribution is -2.27. The van der Waals surface area contributed by atoms with E-state index in [4.69, 9.17) is 9.84 Å². The van der Waals surface area contributed by atoms with E-state index in [1.54, 1.807) is 20.8 Å². The second-order valence-electron chi connectivity index (χ2n) is 4.63. The first kappa shape index (κ1) is 14.7. The Bertz CT molecular complexity index is 479. The molecule has 0 fully saturated rings. The lowest BCUT2D eigenvalue weighted by molar-refractivity contribution is 0.0634. The summed E-state index contributed by atoms with van der Waals surface area (Å²) in [7, 11) is 0. The van der Waals surface area contributed by atoms with Gasteiger partial charge in [0.1, 0.15) is 5.60 Å². The number of hydrogen-bond donors (Lipinski definition) is 2. The van der Waals surface area contributed by atoms with E-state index in [9.17, 15) is 9.59 Å². The number of carbonyl (C=O) groups is 2. The van der Waals surface area contributed by atoms with Crippen LogP contribution in [-0.4, -0.2) is 22.8 Å². The van der Waals surface area contributed by atoms with Crippen molar-refractivity contribution in [2.45, 2.75) is 26.4 Å². The summed E-state index contributed by atoms with van der Waals surface area (Å²) in [5.74, 6) is -1.00. The molecule has 0 radical (unpaired) electrons. The number of halogens is 1. The third-order valence-corrected chi connectivity index (χ3v) is 2.74. The summed E-state index contributed by atoms with van der Waals surface area (Å²) in [4.78, 5) is 22.3. The number of anilines is 1. The Balaban J connectivity index is 2.80. The first-order chi connectivity index (χ1) is 8.19. The van der Waals surface area contributed by atoms with Gasteiger partial charge in [-0.25, -0.2) is 9.59 Å². The topological polar surface area (TPSA) is 75.6 Å². The highest BCUT2D eigenvalue weighted by Crippen LogP contribution is 2.20. The molecule has 1 amide bonds. The predicted octanol–water partition coefficient (Wildman–Crippen LogP) is 3.34. The Labute approximate surface area is 119 Å². The number of aromatic carboxylic acids is 1. The maximum atomic E-state index is 11.5. The third-order valence-electron chi connectivity index (χ3n) is 1.85. The van der Waals surface area contributed by atoms with Crippen molar-refractivity contribution in [1.82, 2.24) is 0 Å². The van der Waals surface area contributed by atoms with Crippen LogP contribution in [0.4, 0.5) is 10.5 Å². The van der Waals surface area contributed by atoms with Crippen LogP contribution >= 0.6 is 22.6 Å². The molecule has 0 aliphatic heterocycles. The van der Waals surface area contributed by atoms with Gasteiger partial charge in [-0.3, -0.25) is 5.32 Å². The zero-order valence-corrected chi connectivity index (χ0v) is 12.4. The number of ether oxygens (including phenoxy) is 1. The van der Waals surface area contributed by atoms with E-state index in [1.807, 2.05) is 22.6 Å². The van der Waals surface area contributed by atoms with Crippen molar-refractivity contribution in [3.63, 3.8) is 0 Å². The van der Waals surface area contributed by atoms with E-state index in [2.05, 4.69) is 5.32 Å². The summed E-state index contributed by atoms with van der Waals surface area (Å²) in [5, 5.41) is 11.4.